The number of hydrogen-bond acceptors (Lipinski definition) is 8. The highest BCUT2D eigenvalue weighted by molar-refractivity contribution is 7.17. The van der Waals surface area contributed by atoms with Gasteiger partial charge in [-0.25, -0.2) is 9.78 Å². The number of Topliss-reactive ketones (excluding diaryl/α,β-unsaturated/α-hetero) is 1. The monoisotopic (exact) mass is 594 g/mol. The molecule has 0 radical (unpaired) electrons. The van der Waals surface area contributed by atoms with Crippen molar-refractivity contribution in [2.75, 3.05) is 11.5 Å². The van der Waals surface area contributed by atoms with Crippen LogP contribution in [0.1, 0.15) is 49.2 Å². The molecule has 4 aromatic rings. The highest BCUT2D eigenvalue weighted by Crippen LogP contribution is 2.44. The number of ketones is 1. The van der Waals surface area contributed by atoms with E-state index in [4.69, 9.17) is 9.47 Å². The van der Waals surface area contributed by atoms with Gasteiger partial charge in [-0.1, -0.05) is 84.2 Å². The van der Waals surface area contributed by atoms with Crippen LogP contribution in [-0.2, 0) is 20.9 Å². The normalized spacial score (nSPS) is 15.9. The van der Waals surface area contributed by atoms with Crippen LogP contribution < -0.4 is 9.64 Å². The topological polar surface area (TPSA) is 106 Å². The van der Waals surface area contributed by atoms with Gasteiger partial charge in [-0.05, 0) is 55.7 Å². The van der Waals surface area contributed by atoms with E-state index in [1.165, 1.54) is 11.0 Å². The largest absolute Gasteiger partial charge is 0.507 e. The molecule has 3 aromatic carbocycles. The highest BCUT2D eigenvalue weighted by Gasteiger charge is 2.48. The fourth-order valence-corrected chi connectivity index (χ4v) is 5.81. The van der Waals surface area contributed by atoms with Crippen LogP contribution in [0.25, 0.3) is 5.76 Å². The van der Waals surface area contributed by atoms with E-state index >= 15 is 0 Å². The zero-order valence-corrected chi connectivity index (χ0v) is 24.8. The Morgan fingerprint density at radius 3 is 2.44 bits per heavy atom. The van der Waals surface area contributed by atoms with Gasteiger partial charge in [0.25, 0.3) is 5.78 Å². The molecule has 9 heteroatoms. The second-order valence-electron chi connectivity index (χ2n) is 10.1. The number of carbonyl (C=O) groups excluding carboxylic acids is 3. The molecule has 0 bridgehead atoms. The molecule has 0 unspecified atom stereocenters. The van der Waals surface area contributed by atoms with E-state index < -0.39 is 23.7 Å². The van der Waals surface area contributed by atoms with Gasteiger partial charge in [0, 0.05) is 5.56 Å². The Labute approximate surface area is 253 Å². The zero-order valence-electron chi connectivity index (χ0n) is 24.0. The Morgan fingerprint density at radius 1 is 1.05 bits per heavy atom. The van der Waals surface area contributed by atoms with Gasteiger partial charge in [-0.15, -0.1) is 0 Å². The minimum atomic E-state index is -0.975. The summed E-state index contributed by atoms with van der Waals surface area (Å²) in [5.41, 5.74) is 4.01. The van der Waals surface area contributed by atoms with Gasteiger partial charge in [0.2, 0.25) is 0 Å². The van der Waals surface area contributed by atoms with E-state index in [-0.39, 0.29) is 27.9 Å². The minimum Gasteiger partial charge on any atom is -0.507 e. The maximum Gasteiger partial charge on any atom is 0.350 e. The van der Waals surface area contributed by atoms with Gasteiger partial charge < -0.3 is 14.6 Å². The van der Waals surface area contributed by atoms with Gasteiger partial charge >= 0.3 is 11.9 Å². The lowest BCUT2D eigenvalue weighted by Crippen LogP contribution is -2.29. The lowest BCUT2D eigenvalue weighted by molar-refractivity contribution is -0.132. The van der Waals surface area contributed by atoms with Crippen LogP contribution in [0.3, 0.4) is 0 Å². The smallest absolute Gasteiger partial charge is 0.350 e. The van der Waals surface area contributed by atoms with Crippen LogP contribution in [0.4, 0.5) is 5.13 Å². The van der Waals surface area contributed by atoms with Crippen LogP contribution in [0, 0.1) is 20.8 Å². The minimum absolute atomic E-state index is 0.0227. The van der Waals surface area contributed by atoms with Crippen LogP contribution in [0.5, 0.6) is 5.75 Å². The molecule has 1 aliphatic heterocycles. The lowest BCUT2D eigenvalue weighted by Gasteiger charge is -2.23. The number of carbonyl (C=O) groups is 3. The van der Waals surface area contributed by atoms with E-state index in [1.807, 2.05) is 56.3 Å². The fraction of sp³-hybridized carbons (Fsp3) is 0.176. The second kappa shape index (κ2) is 12.5. The molecule has 0 saturated carbocycles. The van der Waals surface area contributed by atoms with Crippen LogP contribution >= 0.6 is 11.3 Å². The molecule has 1 amide bonds. The number of nitrogens with zero attached hydrogens (tertiary/aromatic N) is 2. The number of thiazole rings is 1. The number of anilines is 1. The molecular weight excluding hydrogens is 564 g/mol. The van der Waals surface area contributed by atoms with Crippen molar-refractivity contribution in [1.82, 2.24) is 4.98 Å². The zero-order chi connectivity index (χ0) is 30.7. The first-order chi connectivity index (χ1) is 20.7. The third kappa shape index (κ3) is 5.98. The molecule has 0 aliphatic carbocycles. The second-order valence-corrected chi connectivity index (χ2v) is 11.1. The van der Waals surface area contributed by atoms with Crippen molar-refractivity contribution in [2.45, 2.75) is 33.4 Å². The Balaban J connectivity index is 1.55. The maximum atomic E-state index is 13.6. The summed E-state index contributed by atoms with van der Waals surface area (Å²) >= 11 is 0.952. The molecule has 5 rings (SSSR count). The van der Waals surface area contributed by atoms with Crippen LogP contribution in [0.15, 0.2) is 91.0 Å². The standard InChI is InChI=1S/C34H30N2O6S/c1-5-17-41-33(40)31-22(4)35-34(43-31)36-28(24-13-11-20(2)12-14-24)27(30(38)32(36)39)29(37)25-15-16-26(21(3)18-25)42-19-23-9-7-6-8-10-23/h5-16,18,28,37H,1,17,19H2,2-4H3/t28-/m1/s1. The summed E-state index contributed by atoms with van der Waals surface area (Å²) in [6, 6.07) is 21.2. The molecule has 0 spiro atoms. The summed E-state index contributed by atoms with van der Waals surface area (Å²) in [6.45, 7) is 9.35. The van der Waals surface area contributed by atoms with E-state index in [1.54, 1.807) is 37.3 Å². The Kier molecular flexibility index (Phi) is 8.54. The van der Waals surface area contributed by atoms with Crippen LogP contribution in [-0.4, -0.2) is 34.4 Å². The molecule has 1 aliphatic rings. The van der Waals surface area contributed by atoms with E-state index in [9.17, 15) is 19.5 Å². The molecule has 1 atom stereocenters. The van der Waals surface area contributed by atoms with Crippen molar-refractivity contribution in [1.29, 1.82) is 0 Å². The van der Waals surface area contributed by atoms with Crippen molar-refractivity contribution in [3.05, 3.63) is 129 Å². The first-order valence-electron chi connectivity index (χ1n) is 13.6. The van der Waals surface area contributed by atoms with Crippen molar-refractivity contribution in [3.63, 3.8) is 0 Å². The molecule has 1 aromatic heterocycles. The molecule has 43 heavy (non-hydrogen) atoms. The number of aliphatic hydroxyl groups excluding tert-OH is 1. The molecule has 1 saturated heterocycles. The molecule has 2 heterocycles. The Bertz CT molecular complexity index is 1740. The number of aromatic nitrogens is 1. The average Bonchev–Trinajstić information content (AvgIpc) is 3.51. The number of ether oxygens (including phenoxy) is 2. The molecule has 8 nitrogen and oxygen atoms in total. The first-order valence-corrected chi connectivity index (χ1v) is 14.4. The Hall–Kier alpha value is -5.02. The molecular formula is C34H30N2O6S. The van der Waals surface area contributed by atoms with E-state index in [0.29, 0.717) is 29.2 Å². The lowest BCUT2D eigenvalue weighted by atomic mass is 9.94. The number of hydrogen-bond donors (Lipinski definition) is 1. The van der Waals surface area contributed by atoms with Gasteiger partial charge in [0.1, 0.15) is 29.6 Å². The summed E-state index contributed by atoms with van der Waals surface area (Å²) < 4.78 is 11.1. The van der Waals surface area contributed by atoms with Crippen molar-refractivity contribution in [2.24, 2.45) is 0 Å². The molecule has 218 valence electrons. The number of esters is 1. The maximum absolute atomic E-state index is 13.6. The molecule has 1 fully saturated rings. The third-order valence-electron chi connectivity index (χ3n) is 7.03. The van der Waals surface area contributed by atoms with Crippen molar-refractivity contribution < 1.29 is 29.0 Å². The summed E-state index contributed by atoms with van der Waals surface area (Å²) in [7, 11) is 0. The first kappa shape index (κ1) is 29.5. The number of rotatable bonds is 9. The van der Waals surface area contributed by atoms with Gasteiger partial charge in [-0.2, -0.15) is 0 Å². The Morgan fingerprint density at radius 2 is 1.77 bits per heavy atom. The van der Waals surface area contributed by atoms with Crippen molar-refractivity contribution >= 4 is 39.9 Å². The van der Waals surface area contributed by atoms with Crippen molar-refractivity contribution in [3.8, 4) is 5.75 Å². The highest BCUT2D eigenvalue weighted by atomic mass is 32.1. The SMILES string of the molecule is C=CCOC(=O)c1sc(N2C(=O)C(=O)C(=C(O)c3ccc(OCc4ccccc4)c(C)c3)[C@H]2c2ccc(C)cc2)nc1C. The molecule has 1 N–H and O–H groups in total. The van der Waals surface area contributed by atoms with E-state index in [0.717, 1.165) is 28.0 Å². The summed E-state index contributed by atoms with van der Waals surface area (Å²) in [4.78, 5) is 45.6. The summed E-state index contributed by atoms with van der Waals surface area (Å²) in [5.74, 6) is -2.00. The van der Waals surface area contributed by atoms with Gasteiger partial charge in [0.05, 0.1) is 17.3 Å². The van der Waals surface area contributed by atoms with E-state index in [2.05, 4.69) is 11.6 Å². The number of amides is 1. The van der Waals surface area contributed by atoms with Gasteiger partial charge in [-0.3, -0.25) is 14.5 Å². The number of benzene rings is 3. The fourth-order valence-electron chi connectivity index (χ4n) is 4.82. The van der Waals surface area contributed by atoms with Crippen LogP contribution in [0.2, 0.25) is 0 Å². The number of aliphatic hydroxyl groups is 1. The van der Waals surface area contributed by atoms with Gasteiger partial charge in [0.15, 0.2) is 5.13 Å². The quantitative estimate of drug-likeness (QED) is 0.0764. The third-order valence-corrected chi connectivity index (χ3v) is 8.17. The number of aryl methyl sites for hydroxylation is 3. The average molecular weight is 595 g/mol. The predicted octanol–water partition coefficient (Wildman–Crippen LogP) is 6.62. The summed E-state index contributed by atoms with van der Waals surface area (Å²) in [5, 5.41) is 11.7. The summed E-state index contributed by atoms with van der Waals surface area (Å²) in [6.07, 6.45) is 1.45. The predicted molar refractivity (Wildman–Crippen MR) is 165 cm³/mol.